The zero-order valence-corrected chi connectivity index (χ0v) is 11.4. The van der Waals surface area contributed by atoms with Crippen LogP contribution < -0.4 is 0 Å². The van der Waals surface area contributed by atoms with Gasteiger partial charge in [-0.3, -0.25) is 0 Å². The molecule has 0 bridgehead atoms. The number of rotatable bonds is 5. The van der Waals surface area contributed by atoms with Gasteiger partial charge in [-0.25, -0.2) is 4.68 Å². The van der Waals surface area contributed by atoms with Crippen molar-refractivity contribution >= 4 is 11.8 Å². The molecule has 19 heavy (non-hydrogen) atoms. The summed E-state index contributed by atoms with van der Waals surface area (Å²) in [5, 5.41) is 21.2. The number of aliphatic hydroxyl groups is 1. The molecule has 1 aliphatic carbocycles. The summed E-state index contributed by atoms with van der Waals surface area (Å²) < 4.78 is 1.64. The van der Waals surface area contributed by atoms with Crippen LogP contribution >= 0.6 is 11.8 Å². The molecular formula is C13H16N4OS. The molecule has 0 saturated heterocycles. The zero-order chi connectivity index (χ0) is 13.1. The summed E-state index contributed by atoms with van der Waals surface area (Å²) in [7, 11) is 0. The number of aryl methyl sites for hydroxylation is 2. The predicted octanol–water partition coefficient (Wildman–Crippen LogP) is 1.45. The molecule has 1 aliphatic rings. The Morgan fingerprint density at radius 3 is 3.05 bits per heavy atom. The fourth-order valence-electron chi connectivity index (χ4n) is 2.40. The highest BCUT2D eigenvalue weighted by atomic mass is 32.2. The Labute approximate surface area is 116 Å². The lowest BCUT2D eigenvalue weighted by atomic mass is 10.1. The average Bonchev–Trinajstić information content (AvgIpc) is 3.05. The number of aliphatic hydroxyl groups excluding tert-OH is 1. The molecule has 6 heteroatoms. The van der Waals surface area contributed by atoms with Gasteiger partial charge in [-0.15, -0.1) is 5.10 Å². The Morgan fingerprint density at radius 1 is 1.26 bits per heavy atom. The third-order valence-corrected chi connectivity index (χ3v) is 4.37. The van der Waals surface area contributed by atoms with Crippen LogP contribution in [0.25, 0.3) is 0 Å². The molecule has 1 aromatic heterocycles. The van der Waals surface area contributed by atoms with Gasteiger partial charge in [0.05, 0.1) is 13.2 Å². The lowest BCUT2D eigenvalue weighted by Crippen LogP contribution is -2.05. The summed E-state index contributed by atoms with van der Waals surface area (Å²) in [6.45, 7) is 0.497. The molecule has 3 rings (SSSR count). The Bertz CT molecular complexity index is 570. The summed E-state index contributed by atoms with van der Waals surface area (Å²) in [5.41, 5.74) is 4.30. The van der Waals surface area contributed by atoms with Crippen molar-refractivity contribution in [2.45, 2.75) is 36.7 Å². The molecule has 5 nitrogen and oxygen atoms in total. The Balaban J connectivity index is 1.67. The smallest absolute Gasteiger partial charge is 0.209 e. The van der Waals surface area contributed by atoms with Crippen LogP contribution in [-0.2, 0) is 25.1 Å². The summed E-state index contributed by atoms with van der Waals surface area (Å²) >= 11 is 1.61. The first-order valence-electron chi connectivity index (χ1n) is 6.47. The van der Waals surface area contributed by atoms with E-state index in [9.17, 15) is 0 Å². The van der Waals surface area contributed by atoms with E-state index in [-0.39, 0.29) is 6.61 Å². The quantitative estimate of drug-likeness (QED) is 0.837. The van der Waals surface area contributed by atoms with Crippen LogP contribution in [0.4, 0.5) is 0 Å². The highest BCUT2D eigenvalue weighted by Gasteiger charge is 2.12. The molecule has 1 aromatic carbocycles. The van der Waals surface area contributed by atoms with Crippen molar-refractivity contribution in [1.29, 1.82) is 0 Å². The number of hydrogen-bond donors (Lipinski definition) is 1. The van der Waals surface area contributed by atoms with E-state index < -0.39 is 0 Å². The molecule has 1 heterocycles. The second kappa shape index (κ2) is 5.71. The molecule has 0 amide bonds. The van der Waals surface area contributed by atoms with Crippen molar-refractivity contribution in [2.24, 2.45) is 0 Å². The van der Waals surface area contributed by atoms with Crippen LogP contribution in [-0.4, -0.2) is 31.9 Å². The normalized spacial score (nSPS) is 13.7. The van der Waals surface area contributed by atoms with Crippen molar-refractivity contribution < 1.29 is 5.11 Å². The highest BCUT2D eigenvalue weighted by Crippen LogP contribution is 2.26. The zero-order valence-electron chi connectivity index (χ0n) is 10.6. The third-order valence-electron chi connectivity index (χ3n) is 3.34. The SMILES string of the molecule is OCCn1nnnc1SCc1ccc2c(c1)CCC2. The Morgan fingerprint density at radius 2 is 2.16 bits per heavy atom. The summed E-state index contributed by atoms with van der Waals surface area (Å²) in [5.74, 6) is 0.860. The van der Waals surface area contributed by atoms with Crippen molar-refractivity contribution in [3.05, 3.63) is 34.9 Å². The topological polar surface area (TPSA) is 63.8 Å². The van der Waals surface area contributed by atoms with Crippen LogP contribution in [0, 0.1) is 0 Å². The molecule has 2 aromatic rings. The number of benzene rings is 1. The van der Waals surface area contributed by atoms with Crippen LogP contribution in [0.3, 0.4) is 0 Å². The maximum atomic E-state index is 8.93. The second-order valence-electron chi connectivity index (χ2n) is 4.65. The Hall–Kier alpha value is -1.40. The molecule has 0 radical (unpaired) electrons. The lowest BCUT2D eigenvalue weighted by molar-refractivity contribution is 0.262. The van der Waals surface area contributed by atoms with E-state index in [2.05, 4.69) is 33.7 Å². The molecule has 0 aliphatic heterocycles. The van der Waals surface area contributed by atoms with Crippen LogP contribution in [0.1, 0.15) is 23.1 Å². The van der Waals surface area contributed by atoms with Gasteiger partial charge in [0.15, 0.2) is 0 Å². The van der Waals surface area contributed by atoms with Gasteiger partial charge in [0.1, 0.15) is 0 Å². The maximum absolute atomic E-state index is 8.93. The third kappa shape index (κ3) is 2.79. The average molecular weight is 276 g/mol. The maximum Gasteiger partial charge on any atom is 0.209 e. The molecule has 0 spiro atoms. The Kier molecular flexibility index (Phi) is 3.79. The van der Waals surface area contributed by atoms with Crippen LogP contribution in [0.5, 0.6) is 0 Å². The largest absolute Gasteiger partial charge is 0.394 e. The molecular weight excluding hydrogens is 260 g/mol. The van der Waals surface area contributed by atoms with E-state index in [0.717, 1.165) is 10.9 Å². The number of thioether (sulfide) groups is 1. The molecule has 1 N–H and O–H groups in total. The summed E-state index contributed by atoms with van der Waals surface area (Å²) in [6, 6.07) is 6.74. The van der Waals surface area contributed by atoms with Crippen LogP contribution in [0.2, 0.25) is 0 Å². The first-order chi connectivity index (χ1) is 9.36. The minimum Gasteiger partial charge on any atom is -0.394 e. The number of nitrogens with zero attached hydrogens (tertiary/aromatic N) is 4. The predicted molar refractivity (Wildman–Crippen MR) is 72.9 cm³/mol. The standard InChI is InChI=1S/C13H16N4OS/c18-7-6-17-13(14-15-16-17)19-9-10-4-5-11-2-1-3-12(11)8-10/h4-5,8,18H,1-3,6-7,9H2. The summed E-state index contributed by atoms with van der Waals surface area (Å²) in [4.78, 5) is 0. The van der Waals surface area contributed by atoms with E-state index in [0.29, 0.717) is 6.54 Å². The number of hydrogen-bond acceptors (Lipinski definition) is 5. The number of tetrazole rings is 1. The minimum absolute atomic E-state index is 0.0530. The van der Waals surface area contributed by atoms with Gasteiger partial charge in [0, 0.05) is 5.75 Å². The monoisotopic (exact) mass is 276 g/mol. The van der Waals surface area contributed by atoms with Crippen molar-refractivity contribution in [3.8, 4) is 0 Å². The van der Waals surface area contributed by atoms with Gasteiger partial charge in [0.25, 0.3) is 0 Å². The molecule has 0 saturated carbocycles. The van der Waals surface area contributed by atoms with E-state index >= 15 is 0 Å². The molecule has 0 atom stereocenters. The first kappa shape index (κ1) is 12.6. The van der Waals surface area contributed by atoms with E-state index in [1.165, 1.54) is 36.0 Å². The molecule has 0 unspecified atom stereocenters. The van der Waals surface area contributed by atoms with Gasteiger partial charge < -0.3 is 5.11 Å². The van der Waals surface area contributed by atoms with Crippen molar-refractivity contribution in [3.63, 3.8) is 0 Å². The van der Waals surface area contributed by atoms with E-state index in [4.69, 9.17) is 5.11 Å². The second-order valence-corrected chi connectivity index (χ2v) is 5.60. The van der Waals surface area contributed by atoms with E-state index in [1.807, 2.05) is 0 Å². The minimum atomic E-state index is 0.0530. The fraction of sp³-hybridized carbons (Fsp3) is 0.462. The van der Waals surface area contributed by atoms with Gasteiger partial charge in [0.2, 0.25) is 5.16 Å². The van der Waals surface area contributed by atoms with Gasteiger partial charge in [-0.1, -0.05) is 30.0 Å². The van der Waals surface area contributed by atoms with Gasteiger partial charge in [-0.2, -0.15) is 0 Å². The highest BCUT2D eigenvalue weighted by molar-refractivity contribution is 7.98. The fourth-order valence-corrected chi connectivity index (χ4v) is 3.24. The van der Waals surface area contributed by atoms with E-state index in [1.54, 1.807) is 16.4 Å². The van der Waals surface area contributed by atoms with Crippen LogP contribution in [0.15, 0.2) is 23.4 Å². The van der Waals surface area contributed by atoms with Crippen molar-refractivity contribution in [1.82, 2.24) is 20.2 Å². The molecule has 100 valence electrons. The summed E-state index contributed by atoms with van der Waals surface area (Å²) in [6.07, 6.45) is 3.70. The lowest BCUT2D eigenvalue weighted by Gasteiger charge is -2.05. The number of fused-ring (bicyclic) bond motifs is 1. The van der Waals surface area contributed by atoms with Crippen molar-refractivity contribution in [2.75, 3.05) is 6.61 Å². The van der Waals surface area contributed by atoms with Gasteiger partial charge in [-0.05, 0) is 46.4 Å². The first-order valence-corrected chi connectivity index (χ1v) is 7.46. The van der Waals surface area contributed by atoms with Gasteiger partial charge >= 0.3 is 0 Å². The molecule has 0 fully saturated rings. The number of aromatic nitrogens is 4.